The first kappa shape index (κ1) is 6.37. The summed E-state index contributed by atoms with van der Waals surface area (Å²) in [5, 5.41) is 18.9. The monoisotopic (exact) mass is 145 g/mol. The average Bonchev–Trinajstić information content (AvgIpc) is 2.18. The average molecular weight is 145 g/mol. The van der Waals surface area contributed by atoms with Crippen molar-refractivity contribution < 1.29 is 5.11 Å². The predicted octanol–water partition coefficient (Wildman–Crippen LogP) is -0.778. The number of nitrogens with zero attached hydrogens (tertiary/aromatic N) is 4. The zero-order valence-corrected chi connectivity index (χ0v) is 5.38. The first-order valence-electron chi connectivity index (χ1n) is 2.38. The van der Waals surface area contributed by atoms with Crippen molar-refractivity contribution in [3.05, 3.63) is 0 Å². The molecule has 0 amide bonds. The molecule has 1 aromatic rings. The second-order valence-corrected chi connectivity index (χ2v) is 1.77. The molecule has 0 bridgehead atoms. The van der Waals surface area contributed by atoms with E-state index in [1.807, 2.05) is 0 Å². The molecule has 0 saturated heterocycles. The van der Waals surface area contributed by atoms with Crippen molar-refractivity contribution >= 4 is 12.6 Å². The molecule has 0 aliphatic rings. The van der Waals surface area contributed by atoms with Gasteiger partial charge in [0.05, 0.1) is 13.2 Å². The van der Waals surface area contributed by atoms with E-state index in [4.69, 9.17) is 5.11 Å². The first-order chi connectivity index (χ1) is 4.34. The molecule has 9 heavy (non-hydrogen) atoms. The molecule has 5 nitrogen and oxygen atoms in total. The SMILES string of the molecule is OCCn1nnnc1[S]. The van der Waals surface area contributed by atoms with Crippen LogP contribution < -0.4 is 0 Å². The minimum atomic E-state index is 0.00861. The highest BCUT2D eigenvalue weighted by atomic mass is 32.1. The molecule has 0 spiro atoms. The minimum Gasteiger partial charge on any atom is -0.394 e. The van der Waals surface area contributed by atoms with Crippen molar-refractivity contribution in [2.24, 2.45) is 0 Å². The van der Waals surface area contributed by atoms with E-state index in [9.17, 15) is 0 Å². The fraction of sp³-hybridized carbons (Fsp3) is 0.667. The van der Waals surface area contributed by atoms with Gasteiger partial charge in [-0.3, -0.25) is 0 Å². The molecule has 0 aliphatic carbocycles. The molecule has 1 radical (unpaired) electrons. The zero-order chi connectivity index (χ0) is 6.69. The van der Waals surface area contributed by atoms with Gasteiger partial charge in [-0.2, -0.15) is 0 Å². The fourth-order valence-electron chi connectivity index (χ4n) is 0.432. The van der Waals surface area contributed by atoms with E-state index in [1.165, 1.54) is 4.68 Å². The Morgan fingerprint density at radius 3 is 2.89 bits per heavy atom. The topological polar surface area (TPSA) is 63.8 Å². The summed E-state index contributed by atoms with van der Waals surface area (Å²) in [7, 11) is 0. The molecule has 0 aromatic carbocycles. The van der Waals surface area contributed by atoms with Crippen LogP contribution in [0.4, 0.5) is 0 Å². The Morgan fingerprint density at radius 2 is 2.44 bits per heavy atom. The van der Waals surface area contributed by atoms with E-state index in [1.54, 1.807) is 0 Å². The summed E-state index contributed by atoms with van der Waals surface area (Å²) in [5.41, 5.74) is 0. The second-order valence-electron chi connectivity index (χ2n) is 1.41. The summed E-state index contributed by atoms with van der Waals surface area (Å²) in [6, 6.07) is 0. The maximum atomic E-state index is 8.40. The van der Waals surface area contributed by atoms with Gasteiger partial charge < -0.3 is 5.11 Å². The number of aromatic nitrogens is 4. The van der Waals surface area contributed by atoms with Gasteiger partial charge in [0.25, 0.3) is 0 Å². The van der Waals surface area contributed by atoms with E-state index >= 15 is 0 Å². The van der Waals surface area contributed by atoms with Crippen LogP contribution in [0.5, 0.6) is 0 Å². The van der Waals surface area contributed by atoms with Crippen molar-refractivity contribution in [2.75, 3.05) is 6.61 Å². The van der Waals surface area contributed by atoms with Crippen LogP contribution in [0.25, 0.3) is 0 Å². The Hall–Kier alpha value is -0.750. The van der Waals surface area contributed by atoms with E-state index in [-0.39, 0.29) is 6.61 Å². The van der Waals surface area contributed by atoms with Gasteiger partial charge >= 0.3 is 0 Å². The highest BCUT2D eigenvalue weighted by Gasteiger charge is 1.98. The normalized spacial score (nSPS) is 9.89. The van der Waals surface area contributed by atoms with Gasteiger partial charge in [-0.1, -0.05) is 5.10 Å². The highest BCUT2D eigenvalue weighted by Crippen LogP contribution is 1.94. The third kappa shape index (κ3) is 1.33. The molecule has 0 aliphatic heterocycles. The lowest BCUT2D eigenvalue weighted by Crippen LogP contribution is -2.04. The van der Waals surface area contributed by atoms with Gasteiger partial charge in [-0.05, 0) is 23.1 Å². The smallest absolute Gasteiger partial charge is 0.240 e. The van der Waals surface area contributed by atoms with Crippen molar-refractivity contribution in [3.63, 3.8) is 0 Å². The van der Waals surface area contributed by atoms with Gasteiger partial charge in [0.2, 0.25) is 5.16 Å². The third-order valence-electron chi connectivity index (χ3n) is 0.811. The molecule has 0 fully saturated rings. The maximum absolute atomic E-state index is 8.40. The van der Waals surface area contributed by atoms with Gasteiger partial charge in [0.15, 0.2) is 0 Å². The van der Waals surface area contributed by atoms with Crippen LogP contribution in [0.1, 0.15) is 0 Å². The number of hydrogen-bond donors (Lipinski definition) is 1. The van der Waals surface area contributed by atoms with Crippen molar-refractivity contribution in [2.45, 2.75) is 11.7 Å². The zero-order valence-electron chi connectivity index (χ0n) is 4.56. The molecule has 1 aromatic heterocycles. The van der Waals surface area contributed by atoms with Crippen molar-refractivity contribution in [3.8, 4) is 0 Å². The quantitative estimate of drug-likeness (QED) is 0.593. The molecular formula is C3H5N4OS. The highest BCUT2D eigenvalue weighted by molar-refractivity contribution is 7.80. The summed E-state index contributed by atoms with van der Waals surface area (Å²) >= 11 is 4.67. The number of rotatable bonds is 2. The lowest BCUT2D eigenvalue weighted by Gasteiger charge is -1.92. The van der Waals surface area contributed by atoms with Crippen LogP contribution in [0.2, 0.25) is 0 Å². The lowest BCUT2D eigenvalue weighted by molar-refractivity contribution is 0.262. The Labute approximate surface area is 57.1 Å². The minimum absolute atomic E-state index is 0.00861. The van der Waals surface area contributed by atoms with Crippen molar-refractivity contribution in [1.29, 1.82) is 0 Å². The van der Waals surface area contributed by atoms with E-state index < -0.39 is 0 Å². The van der Waals surface area contributed by atoms with Crippen LogP contribution in [0.15, 0.2) is 5.16 Å². The maximum Gasteiger partial charge on any atom is 0.240 e. The fourth-order valence-corrected chi connectivity index (χ4v) is 0.596. The van der Waals surface area contributed by atoms with Crippen LogP contribution in [-0.2, 0) is 6.54 Å². The van der Waals surface area contributed by atoms with Gasteiger partial charge in [-0.15, -0.1) is 0 Å². The Kier molecular flexibility index (Phi) is 1.91. The lowest BCUT2D eigenvalue weighted by atomic mass is 10.7. The molecule has 0 saturated carbocycles. The summed E-state index contributed by atoms with van der Waals surface area (Å²) in [6.45, 7) is 0.376. The van der Waals surface area contributed by atoms with E-state index in [0.717, 1.165) is 0 Å². The third-order valence-corrected chi connectivity index (χ3v) is 1.10. The van der Waals surface area contributed by atoms with E-state index in [0.29, 0.717) is 11.7 Å². The summed E-state index contributed by atoms with van der Waals surface area (Å²) in [6.07, 6.45) is 0. The largest absolute Gasteiger partial charge is 0.394 e. The molecule has 0 atom stereocenters. The van der Waals surface area contributed by atoms with Crippen LogP contribution >= 0.6 is 12.6 Å². The molecule has 1 heterocycles. The Bertz CT molecular complexity index is 188. The first-order valence-corrected chi connectivity index (χ1v) is 2.79. The standard InChI is InChI=1S/C3H5N4OS/c8-2-1-7-3(9)4-5-6-7/h8H,1-2H2. The second kappa shape index (κ2) is 2.70. The van der Waals surface area contributed by atoms with Crippen LogP contribution in [0.3, 0.4) is 0 Å². The van der Waals surface area contributed by atoms with Gasteiger partial charge in [0, 0.05) is 0 Å². The number of aliphatic hydroxyl groups is 1. The molecule has 0 unspecified atom stereocenters. The number of tetrazole rings is 1. The van der Waals surface area contributed by atoms with E-state index in [2.05, 4.69) is 28.2 Å². The Balaban J connectivity index is 2.69. The summed E-state index contributed by atoms with van der Waals surface area (Å²) < 4.78 is 1.36. The molecule has 6 heteroatoms. The molecular weight excluding hydrogens is 140 g/mol. The summed E-state index contributed by atoms with van der Waals surface area (Å²) in [5.74, 6) is 0. The molecule has 1 rings (SSSR count). The van der Waals surface area contributed by atoms with Crippen molar-refractivity contribution in [1.82, 2.24) is 20.2 Å². The summed E-state index contributed by atoms with van der Waals surface area (Å²) in [4.78, 5) is 0. The van der Waals surface area contributed by atoms with Gasteiger partial charge in [-0.25, -0.2) is 4.68 Å². The number of aliphatic hydroxyl groups excluding tert-OH is 1. The predicted molar refractivity (Wildman–Crippen MR) is 30.8 cm³/mol. The Morgan fingerprint density at radius 1 is 1.67 bits per heavy atom. The molecule has 49 valence electrons. The molecule has 1 N–H and O–H groups in total. The van der Waals surface area contributed by atoms with Gasteiger partial charge in [0.1, 0.15) is 0 Å². The number of hydrogen-bond acceptors (Lipinski definition) is 4. The van der Waals surface area contributed by atoms with Crippen LogP contribution in [-0.4, -0.2) is 31.9 Å². The van der Waals surface area contributed by atoms with Crippen LogP contribution in [0, 0.1) is 0 Å².